The summed E-state index contributed by atoms with van der Waals surface area (Å²) < 4.78 is 39.2. The Bertz CT molecular complexity index is 807. The number of rotatable bonds is 8. The van der Waals surface area contributed by atoms with E-state index in [0.717, 1.165) is 17.0 Å². The molecule has 2 aromatic carbocycles. The largest absolute Gasteiger partial charge is 0.326 e. The lowest BCUT2D eigenvalue weighted by Gasteiger charge is -2.08. The summed E-state index contributed by atoms with van der Waals surface area (Å²) in [6.45, 7) is 0.124. The number of amides is 1. The lowest BCUT2D eigenvalue weighted by Crippen LogP contribution is -2.25. The smallest absolute Gasteiger partial charge is 0.240 e. The van der Waals surface area contributed by atoms with Crippen LogP contribution in [0, 0.1) is 5.82 Å². The van der Waals surface area contributed by atoms with Crippen molar-refractivity contribution in [1.82, 2.24) is 4.72 Å². The first-order valence-corrected chi connectivity index (χ1v) is 10.3. The van der Waals surface area contributed by atoms with Crippen LogP contribution in [0.3, 0.4) is 0 Å². The van der Waals surface area contributed by atoms with Gasteiger partial charge in [-0.15, -0.1) is 11.8 Å². The Kier molecular flexibility index (Phi) is 6.98. The zero-order valence-corrected chi connectivity index (χ0v) is 15.3. The van der Waals surface area contributed by atoms with Crippen LogP contribution < -0.4 is 10.0 Å². The van der Waals surface area contributed by atoms with Crippen LogP contribution in [0.2, 0.25) is 0 Å². The fourth-order valence-electron chi connectivity index (χ4n) is 2.05. The van der Waals surface area contributed by atoms with Gasteiger partial charge in [-0.1, -0.05) is 0 Å². The van der Waals surface area contributed by atoms with E-state index in [1.165, 1.54) is 12.1 Å². The maximum Gasteiger partial charge on any atom is 0.240 e. The van der Waals surface area contributed by atoms with E-state index in [1.54, 1.807) is 11.8 Å². The number of halogens is 1. The van der Waals surface area contributed by atoms with E-state index in [-0.39, 0.29) is 23.8 Å². The number of hydrogen-bond donors (Lipinski definition) is 2. The number of sulfonamides is 1. The third-order valence-electron chi connectivity index (χ3n) is 3.37. The SMILES string of the molecule is CSc1ccc(NC(=O)CCCNS(=O)(=O)c2ccc(F)cc2)cc1. The molecular weight excluding hydrogens is 363 g/mol. The van der Waals surface area contributed by atoms with Gasteiger partial charge >= 0.3 is 0 Å². The summed E-state index contributed by atoms with van der Waals surface area (Å²) in [5.41, 5.74) is 0.703. The van der Waals surface area contributed by atoms with Crippen molar-refractivity contribution in [1.29, 1.82) is 0 Å². The molecular formula is C17H19FN2O3S2. The molecule has 1 amide bonds. The molecule has 0 saturated carbocycles. The number of benzene rings is 2. The third-order valence-corrected chi connectivity index (χ3v) is 5.59. The van der Waals surface area contributed by atoms with Crippen molar-refractivity contribution < 1.29 is 17.6 Å². The van der Waals surface area contributed by atoms with Crippen LogP contribution in [0.15, 0.2) is 58.3 Å². The highest BCUT2D eigenvalue weighted by molar-refractivity contribution is 7.98. The van der Waals surface area contributed by atoms with Gasteiger partial charge in [-0.05, 0) is 61.2 Å². The molecule has 0 atom stereocenters. The molecule has 25 heavy (non-hydrogen) atoms. The van der Waals surface area contributed by atoms with Gasteiger partial charge in [0.05, 0.1) is 4.90 Å². The Labute approximate surface area is 151 Å². The quantitative estimate of drug-likeness (QED) is 0.543. The maximum absolute atomic E-state index is 12.8. The number of anilines is 1. The first-order valence-electron chi connectivity index (χ1n) is 7.60. The maximum atomic E-state index is 12.8. The van der Waals surface area contributed by atoms with Crippen LogP contribution in [0.4, 0.5) is 10.1 Å². The highest BCUT2D eigenvalue weighted by Gasteiger charge is 2.13. The van der Waals surface area contributed by atoms with E-state index in [1.807, 2.05) is 30.5 Å². The zero-order valence-electron chi connectivity index (χ0n) is 13.7. The highest BCUT2D eigenvalue weighted by Crippen LogP contribution is 2.17. The van der Waals surface area contributed by atoms with E-state index < -0.39 is 15.8 Å². The van der Waals surface area contributed by atoms with E-state index in [4.69, 9.17) is 0 Å². The summed E-state index contributed by atoms with van der Waals surface area (Å²) in [5.74, 6) is -0.681. The Morgan fingerprint density at radius 1 is 1.08 bits per heavy atom. The number of carbonyl (C=O) groups is 1. The van der Waals surface area contributed by atoms with Gasteiger partial charge in [0.15, 0.2) is 0 Å². The molecule has 0 aliphatic rings. The minimum absolute atomic E-state index is 0.00719. The van der Waals surface area contributed by atoms with E-state index in [9.17, 15) is 17.6 Å². The van der Waals surface area contributed by atoms with Crippen LogP contribution in [0.25, 0.3) is 0 Å². The molecule has 8 heteroatoms. The summed E-state index contributed by atoms with van der Waals surface area (Å²) in [6, 6.07) is 12.0. The van der Waals surface area contributed by atoms with Crippen molar-refractivity contribution in [3.05, 3.63) is 54.3 Å². The molecule has 0 radical (unpaired) electrons. The molecule has 134 valence electrons. The van der Waals surface area contributed by atoms with Gasteiger partial charge < -0.3 is 5.32 Å². The van der Waals surface area contributed by atoms with Crippen molar-refractivity contribution in [3.63, 3.8) is 0 Å². The molecule has 0 saturated heterocycles. The van der Waals surface area contributed by atoms with E-state index in [2.05, 4.69) is 10.0 Å². The lowest BCUT2D eigenvalue weighted by atomic mass is 10.2. The van der Waals surface area contributed by atoms with Gasteiger partial charge in [0.25, 0.3) is 0 Å². The predicted molar refractivity (Wildman–Crippen MR) is 97.7 cm³/mol. The average molecular weight is 382 g/mol. The second-order valence-corrected chi connectivity index (χ2v) is 7.88. The van der Waals surface area contributed by atoms with Gasteiger partial charge in [0.2, 0.25) is 15.9 Å². The molecule has 0 fully saturated rings. The minimum Gasteiger partial charge on any atom is -0.326 e. The zero-order chi connectivity index (χ0) is 18.3. The molecule has 2 rings (SSSR count). The van der Waals surface area contributed by atoms with Gasteiger partial charge in [-0.25, -0.2) is 17.5 Å². The predicted octanol–water partition coefficient (Wildman–Crippen LogP) is 3.24. The number of thioether (sulfide) groups is 1. The molecule has 0 heterocycles. The standard InChI is InChI=1S/C17H19FN2O3S2/c1-24-15-8-6-14(7-9-15)20-17(21)3-2-12-19-25(22,23)16-10-4-13(18)5-11-16/h4-11,19H,2-3,12H2,1H3,(H,20,21). The topological polar surface area (TPSA) is 75.3 Å². The fourth-order valence-corrected chi connectivity index (χ4v) is 3.53. The fraction of sp³-hybridized carbons (Fsp3) is 0.235. The Balaban J connectivity index is 1.76. The van der Waals surface area contributed by atoms with Crippen LogP contribution >= 0.6 is 11.8 Å². The minimum atomic E-state index is -3.69. The van der Waals surface area contributed by atoms with Crippen LogP contribution in [-0.2, 0) is 14.8 Å². The van der Waals surface area contributed by atoms with Crippen LogP contribution in [-0.4, -0.2) is 27.1 Å². The second-order valence-electron chi connectivity index (χ2n) is 5.23. The summed E-state index contributed by atoms with van der Waals surface area (Å²) in [4.78, 5) is 13.0. The van der Waals surface area contributed by atoms with Gasteiger partial charge in [-0.2, -0.15) is 0 Å². The van der Waals surface area contributed by atoms with Crippen LogP contribution in [0.5, 0.6) is 0 Å². The van der Waals surface area contributed by atoms with Crippen molar-refractivity contribution in [2.75, 3.05) is 18.1 Å². The highest BCUT2D eigenvalue weighted by atomic mass is 32.2. The Morgan fingerprint density at radius 2 is 1.72 bits per heavy atom. The van der Waals surface area contributed by atoms with Crippen molar-refractivity contribution >= 4 is 33.4 Å². The Morgan fingerprint density at radius 3 is 2.32 bits per heavy atom. The molecule has 0 aromatic heterocycles. The number of hydrogen-bond acceptors (Lipinski definition) is 4. The first kappa shape index (κ1) is 19.4. The monoisotopic (exact) mass is 382 g/mol. The molecule has 2 aromatic rings. The second kappa shape index (κ2) is 8.98. The number of nitrogens with one attached hydrogen (secondary N) is 2. The van der Waals surface area contributed by atoms with Crippen molar-refractivity contribution in [2.45, 2.75) is 22.6 Å². The van der Waals surface area contributed by atoms with E-state index in [0.29, 0.717) is 12.1 Å². The molecule has 0 bridgehead atoms. The molecule has 0 unspecified atom stereocenters. The lowest BCUT2D eigenvalue weighted by molar-refractivity contribution is -0.116. The summed E-state index contributed by atoms with van der Waals surface area (Å²) in [6.07, 6.45) is 2.52. The normalized spacial score (nSPS) is 11.3. The number of carbonyl (C=O) groups excluding carboxylic acids is 1. The molecule has 0 aliphatic carbocycles. The average Bonchev–Trinajstić information content (AvgIpc) is 2.60. The van der Waals surface area contributed by atoms with E-state index >= 15 is 0 Å². The van der Waals surface area contributed by atoms with Gasteiger partial charge in [0, 0.05) is 23.5 Å². The molecule has 0 spiro atoms. The summed E-state index contributed by atoms with van der Waals surface area (Å²) in [5, 5.41) is 2.76. The van der Waals surface area contributed by atoms with Crippen molar-refractivity contribution in [2.24, 2.45) is 0 Å². The summed E-state index contributed by atoms with van der Waals surface area (Å²) >= 11 is 1.62. The molecule has 0 aliphatic heterocycles. The molecule has 2 N–H and O–H groups in total. The first-order chi connectivity index (χ1) is 11.9. The van der Waals surface area contributed by atoms with Crippen LogP contribution in [0.1, 0.15) is 12.8 Å². The van der Waals surface area contributed by atoms with Gasteiger partial charge in [0.1, 0.15) is 5.82 Å². The third kappa shape index (κ3) is 6.15. The summed E-state index contributed by atoms with van der Waals surface area (Å²) in [7, 11) is -3.69. The molecule has 5 nitrogen and oxygen atoms in total. The van der Waals surface area contributed by atoms with Gasteiger partial charge in [-0.3, -0.25) is 4.79 Å². The van der Waals surface area contributed by atoms with Crippen molar-refractivity contribution in [3.8, 4) is 0 Å². The Hall–Kier alpha value is -1.90.